The van der Waals surface area contributed by atoms with Crippen LogP contribution in [-0.2, 0) is 4.79 Å². The number of nitrogens with one attached hydrogen (secondary N) is 2. The van der Waals surface area contributed by atoms with Crippen molar-refractivity contribution in [1.82, 2.24) is 10.3 Å². The summed E-state index contributed by atoms with van der Waals surface area (Å²) in [7, 11) is 0. The molecule has 3 rings (SSSR count). The molecule has 8 heteroatoms. The Labute approximate surface area is 193 Å². The van der Waals surface area contributed by atoms with E-state index in [9.17, 15) is 9.59 Å². The van der Waals surface area contributed by atoms with Crippen molar-refractivity contribution in [2.45, 2.75) is 32.6 Å². The maximum atomic E-state index is 12.3. The summed E-state index contributed by atoms with van der Waals surface area (Å²) in [4.78, 5) is 30.5. The summed E-state index contributed by atoms with van der Waals surface area (Å²) in [5.41, 5.74) is 8.82. The Kier molecular flexibility index (Phi) is 8.00. The van der Waals surface area contributed by atoms with Crippen molar-refractivity contribution in [3.05, 3.63) is 58.9 Å². The molecule has 2 aromatic rings. The molecule has 0 unspecified atom stereocenters. The van der Waals surface area contributed by atoms with Crippen molar-refractivity contribution >= 4 is 35.3 Å². The number of nitrogens with two attached hydrogens (primary N) is 1. The van der Waals surface area contributed by atoms with E-state index in [0.29, 0.717) is 53.8 Å². The van der Waals surface area contributed by atoms with Gasteiger partial charge in [0.15, 0.2) is 0 Å². The number of benzene rings is 1. The number of carbonyl (C=O) groups is 2. The van der Waals surface area contributed by atoms with E-state index in [1.807, 2.05) is 12.1 Å². The van der Waals surface area contributed by atoms with Gasteiger partial charge in [-0.15, -0.1) is 0 Å². The zero-order valence-corrected chi connectivity index (χ0v) is 18.9. The zero-order chi connectivity index (χ0) is 23.1. The molecule has 2 amide bonds. The van der Waals surface area contributed by atoms with Crippen LogP contribution in [0, 0.1) is 11.3 Å². The van der Waals surface area contributed by atoms with E-state index in [2.05, 4.69) is 10.3 Å². The second kappa shape index (κ2) is 10.9. The molecule has 1 aromatic heterocycles. The summed E-state index contributed by atoms with van der Waals surface area (Å²) >= 11 is 6.51. The standard InChI is InChI=1S/C24H28ClN5O2/c1-16(31)30(15-17-4-5-17)23-9-7-19(11-21(23)25)22-8-6-20(14-29-22)24(32)28-10-2-3-18(12-26)13-27/h6-9,11-14,17,26H,2-5,10,15,27H2,1H3,(H,28,32)/b18-13-,26-12?. The molecular weight excluding hydrogens is 426 g/mol. The third-order valence-electron chi connectivity index (χ3n) is 5.40. The maximum Gasteiger partial charge on any atom is 0.252 e. The topological polar surface area (TPSA) is 112 Å². The van der Waals surface area contributed by atoms with E-state index in [4.69, 9.17) is 22.7 Å². The molecule has 0 radical (unpaired) electrons. The summed E-state index contributed by atoms with van der Waals surface area (Å²) in [5.74, 6) is 0.334. The second-order valence-electron chi connectivity index (χ2n) is 7.92. The van der Waals surface area contributed by atoms with Gasteiger partial charge in [0.05, 0.1) is 22.0 Å². The number of hydrogen-bond acceptors (Lipinski definition) is 5. The Hall–Kier alpha value is -3.19. The Morgan fingerprint density at radius 3 is 2.66 bits per heavy atom. The van der Waals surface area contributed by atoms with Crippen LogP contribution < -0.4 is 16.0 Å². The number of aromatic nitrogens is 1. The molecule has 1 aliphatic rings. The van der Waals surface area contributed by atoms with Gasteiger partial charge < -0.3 is 21.4 Å². The van der Waals surface area contributed by atoms with Gasteiger partial charge in [0, 0.05) is 38.0 Å². The Balaban J connectivity index is 1.62. The molecule has 0 atom stereocenters. The third-order valence-corrected chi connectivity index (χ3v) is 5.71. The highest BCUT2D eigenvalue weighted by atomic mass is 35.5. The SMILES string of the molecule is CC(=O)N(CC1CC1)c1ccc(-c2ccc(C(=O)NCCC/C(C=N)=C/N)cn2)cc1Cl. The minimum absolute atomic E-state index is 0.0202. The lowest BCUT2D eigenvalue weighted by Gasteiger charge is -2.22. The van der Waals surface area contributed by atoms with Gasteiger partial charge >= 0.3 is 0 Å². The average Bonchev–Trinajstić information content (AvgIpc) is 3.62. The summed E-state index contributed by atoms with van der Waals surface area (Å²) < 4.78 is 0. The van der Waals surface area contributed by atoms with E-state index in [0.717, 1.165) is 24.0 Å². The first kappa shape index (κ1) is 23.5. The number of pyridine rings is 1. The Morgan fingerprint density at radius 2 is 2.09 bits per heavy atom. The number of halogens is 1. The zero-order valence-electron chi connectivity index (χ0n) is 18.1. The van der Waals surface area contributed by atoms with Gasteiger partial charge in [0.2, 0.25) is 5.91 Å². The fourth-order valence-electron chi connectivity index (χ4n) is 3.34. The molecule has 1 fully saturated rings. The monoisotopic (exact) mass is 453 g/mol. The Bertz CT molecular complexity index is 1020. The number of hydrogen-bond donors (Lipinski definition) is 3. The second-order valence-corrected chi connectivity index (χ2v) is 8.32. The number of anilines is 1. The van der Waals surface area contributed by atoms with Gasteiger partial charge in [0.25, 0.3) is 5.91 Å². The molecular formula is C24H28ClN5O2. The van der Waals surface area contributed by atoms with Gasteiger partial charge in [0.1, 0.15) is 0 Å². The fourth-order valence-corrected chi connectivity index (χ4v) is 3.62. The van der Waals surface area contributed by atoms with Crippen LogP contribution in [0.4, 0.5) is 5.69 Å². The molecule has 0 saturated heterocycles. The van der Waals surface area contributed by atoms with Crippen molar-refractivity contribution in [2.75, 3.05) is 18.0 Å². The van der Waals surface area contributed by atoms with Gasteiger partial charge in [-0.2, -0.15) is 0 Å². The molecule has 1 saturated carbocycles. The maximum absolute atomic E-state index is 12.3. The summed E-state index contributed by atoms with van der Waals surface area (Å²) in [6, 6.07) is 9.03. The van der Waals surface area contributed by atoms with Gasteiger partial charge in [-0.3, -0.25) is 14.6 Å². The lowest BCUT2D eigenvalue weighted by molar-refractivity contribution is -0.116. The van der Waals surface area contributed by atoms with Gasteiger partial charge in [-0.05, 0) is 67.6 Å². The van der Waals surface area contributed by atoms with E-state index < -0.39 is 0 Å². The molecule has 0 spiro atoms. The van der Waals surface area contributed by atoms with Crippen LogP contribution in [0.3, 0.4) is 0 Å². The molecule has 4 N–H and O–H groups in total. The van der Waals surface area contributed by atoms with Crippen LogP contribution >= 0.6 is 11.6 Å². The smallest absolute Gasteiger partial charge is 0.252 e. The molecule has 168 valence electrons. The Morgan fingerprint density at radius 1 is 1.31 bits per heavy atom. The first-order chi connectivity index (χ1) is 15.4. The van der Waals surface area contributed by atoms with Crippen molar-refractivity contribution in [3.8, 4) is 11.3 Å². The highest BCUT2D eigenvalue weighted by molar-refractivity contribution is 6.34. The molecule has 0 bridgehead atoms. The van der Waals surface area contributed by atoms with Crippen LogP contribution in [-0.4, -0.2) is 36.1 Å². The largest absolute Gasteiger partial charge is 0.404 e. The van der Waals surface area contributed by atoms with E-state index in [-0.39, 0.29) is 11.8 Å². The predicted molar refractivity (Wildman–Crippen MR) is 128 cm³/mol. The molecule has 32 heavy (non-hydrogen) atoms. The van der Waals surface area contributed by atoms with Crippen LogP contribution in [0.5, 0.6) is 0 Å². The first-order valence-corrected chi connectivity index (χ1v) is 11.0. The van der Waals surface area contributed by atoms with Crippen molar-refractivity contribution in [1.29, 1.82) is 5.41 Å². The van der Waals surface area contributed by atoms with E-state index >= 15 is 0 Å². The summed E-state index contributed by atoms with van der Waals surface area (Å²) in [6.45, 7) is 2.73. The van der Waals surface area contributed by atoms with Crippen LogP contribution in [0.2, 0.25) is 5.02 Å². The number of nitrogens with zero attached hydrogens (tertiary/aromatic N) is 2. The summed E-state index contributed by atoms with van der Waals surface area (Å²) in [5, 5.41) is 10.5. The van der Waals surface area contributed by atoms with Gasteiger partial charge in [-0.25, -0.2) is 0 Å². The van der Waals surface area contributed by atoms with Crippen LogP contribution in [0.1, 0.15) is 43.0 Å². The normalized spacial score (nSPS) is 13.5. The molecule has 0 aliphatic heterocycles. The van der Waals surface area contributed by atoms with Crippen molar-refractivity contribution < 1.29 is 9.59 Å². The third kappa shape index (κ3) is 6.17. The minimum Gasteiger partial charge on any atom is -0.404 e. The summed E-state index contributed by atoms with van der Waals surface area (Å²) in [6.07, 6.45) is 7.78. The van der Waals surface area contributed by atoms with Crippen LogP contribution in [0.15, 0.2) is 48.3 Å². The lowest BCUT2D eigenvalue weighted by atomic mass is 10.1. The molecule has 7 nitrogen and oxygen atoms in total. The predicted octanol–water partition coefficient (Wildman–Crippen LogP) is 4.17. The number of rotatable bonds is 10. The van der Waals surface area contributed by atoms with Gasteiger partial charge in [-0.1, -0.05) is 17.7 Å². The quantitative estimate of drug-likeness (QED) is 0.370. The minimum atomic E-state index is -0.206. The lowest BCUT2D eigenvalue weighted by Crippen LogP contribution is -2.30. The van der Waals surface area contributed by atoms with Crippen molar-refractivity contribution in [3.63, 3.8) is 0 Å². The molecule has 1 aromatic carbocycles. The highest BCUT2D eigenvalue weighted by Gasteiger charge is 2.27. The highest BCUT2D eigenvalue weighted by Crippen LogP contribution is 2.35. The first-order valence-electron chi connectivity index (χ1n) is 10.7. The van der Waals surface area contributed by atoms with E-state index in [1.165, 1.54) is 18.6 Å². The fraction of sp³-hybridized carbons (Fsp3) is 0.333. The van der Waals surface area contributed by atoms with Crippen molar-refractivity contribution in [2.24, 2.45) is 11.7 Å². The van der Waals surface area contributed by atoms with Crippen LogP contribution in [0.25, 0.3) is 11.3 Å². The number of allylic oxidation sites excluding steroid dienone is 1. The average molecular weight is 454 g/mol. The number of amides is 2. The number of carbonyl (C=O) groups excluding carboxylic acids is 2. The molecule has 1 heterocycles. The molecule has 1 aliphatic carbocycles. The van der Waals surface area contributed by atoms with E-state index in [1.54, 1.807) is 30.0 Å².